The first-order valence-electron chi connectivity index (χ1n) is 7.79. The monoisotopic (exact) mass is 376 g/mol. The Balaban J connectivity index is 2.02. The number of anilines is 1. The normalized spacial score (nSPS) is 12.3. The molecule has 0 heterocycles. The standard InChI is InChI=1S/C18H20N2O5S/c1-11-8-12(2)10-14(9-11)18(22)25-13(3)17(21)20-15-4-6-16(7-5-15)26(19,23)24/h4-10,13H,1-3H3,(H,20,21)(H2,19,23,24)/t13-/m0/s1. The molecule has 7 nitrogen and oxygen atoms in total. The largest absolute Gasteiger partial charge is 0.449 e. The van der Waals surface area contributed by atoms with E-state index in [-0.39, 0.29) is 4.90 Å². The number of nitrogens with one attached hydrogen (secondary N) is 1. The molecule has 0 unspecified atom stereocenters. The molecule has 8 heteroatoms. The van der Waals surface area contributed by atoms with Gasteiger partial charge in [-0.2, -0.15) is 0 Å². The number of rotatable bonds is 5. The van der Waals surface area contributed by atoms with Crippen LogP contribution in [0, 0.1) is 13.8 Å². The third-order valence-electron chi connectivity index (χ3n) is 3.56. The molecule has 0 aromatic heterocycles. The average molecular weight is 376 g/mol. The number of nitrogens with two attached hydrogens (primary N) is 1. The number of primary sulfonamides is 1. The third-order valence-corrected chi connectivity index (χ3v) is 4.49. The molecule has 0 radical (unpaired) electrons. The van der Waals surface area contributed by atoms with Crippen LogP contribution in [0.4, 0.5) is 5.69 Å². The van der Waals surface area contributed by atoms with E-state index < -0.39 is 28.0 Å². The maximum absolute atomic E-state index is 12.2. The van der Waals surface area contributed by atoms with Crippen LogP contribution < -0.4 is 10.5 Å². The van der Waals surface area contributed by atoms with Gasteiger partial charge in [0.25, 0.3) is 5.91 Å². The summed E-state index contributed by atoms with van der Waals surface area (Å²) in [5.41, 5.74) is 2.57. The molecule has 0 aliphatic heterocycles. The van der Waals surface area contributed by atoms with Gasteiger partial charge in [-0.25, -0.2) is 18.4 Å². The summed E-state index contributed by atoms with van der Waals surface area (Å²) in [7, 11) is -3.80. The lowest BCUT2D eigenvalue weighted by Gasteiger charge is -2.14. The number of ether oxygens (including phenoxy) is 1. The van der Waals surface area contributed by atoms with Crippen LogP contribution >= 0.6 is 0 Å². The van der Waals surface area contributed by atoms with Crippen LogP contribution in [0.3, 0.4) is 0 Å². The third kappa shape index (κ3) is 5.14. The van der Waals surface area contributed by atoms with E-state index in [2.05, 4.69) is 5.32 Å². The van der Waals surface area contributed by atoms with Crippen molar-refractivity contribution in [3.05, 3.63) is 59.2 Å². The molecule has 0 aliphatic rings. The van der Waals surface area contributed by atoms with E-state index in [4.69, 9.17) is 9.88 Å². The molecule has 0 aliphatic carbocycles. The molecular formula is C18H20N2O5S. The first kappa shape index (κ1) is 19.6. The fourth-order valence-corrected chi connectivity index (χ4v) is 2.86. The Labute approximate surface area is 152 Å². The van der Waals surface area contributed by atoms with E-state index in [0.717, 1.165) is 11.1 Å². The summed E-state index contributed by atoms with van der Waals surface area (Å²) in [5.74, 6) is -1.13. The summed E-state index contributed by atoms with van der Waals surface area (Å²) in [6.45, 7) is 5.19. The Bertz CT molecular complexity index is 916. The summed E-state index contributed by atoms with van der Waals surface area (Å²) in [6, 6.07) is 10.6. The molecule has 1 atom stereocenters. The van der Waals surface area contributed by atoms with Crippen LogP contribution in [0.2, 0.25) is 0 Å². The molecule has 0 saturated carbocycles. The fraction of sp³-hybridized carbons (Fsp3) is 0.222. The summed E-state index contributed by atoms with van der Waals surface area (Å²) in [5, 5.41) is 7.56. The highest BCUT2D eigenvalue weighted by Crippen LogP contribution is 2.14. The summed E-state index contributed by atoms with van der Waals surface area (Å²) in [4.78, 5) is 24.3. The van der Waals surface area contributed by atoms with Crippen molar-refractivity contribution in [2.75, 3.05) is 5.32 Å². The zero-order valence-electron chi connectivity index (χ0n) is 14.6. The Hall–Kier alpha value is -2.71. The second-order valence-corrected chi connectivity index (χ2v) is 7.54. The Morgan fingerprint density at radius 3 is 2.08 bits per heavy atom. The van der Waals surface area contributed by atoms with Gasteiger partial charge in [0.2, 0.25) is 10.0 Å². The molecule has 2 rings (SSSR count). The molecule has 0 saturated heterocycles. The number of hydrogen-bond acceptors (Lipinski definition) is 5. The zero-order valence-corrected chi connectivity index (χ0v) is 15.5. The number of benzene rings is 2. The van der Waals surface area contributed by atoms with Crippen molar-refractivity contribution in [2.45, 2.75) is 31.8 Å². The number of hydrogen-bond donors (Lipinski definition) is 2. The molecule has 1 amide bonds. The fourth-order valence-electron chi connectivity index (χ4n) is 2.35. The molecule has 3 N–H and O–H groups in total. The molecular weight excluding hydrogens is 356 g/mol. The lowest BCUT2D eigenvalue weighted by molar-refractivity contribution is -0.123. The number of aryl methyl sites for hydroxylation is 2. The van der Waals surface area contributed by atoms with Gasteiger partial charge in [0, 0.05) is 5.69 Å². The van der Waals surface area contributed by atoms with Crippen LogP contribution in [-0.4, -0.2) is 26.4 Å². The topological polar surface area (TPSA) is 116 Å². The van der Waals surface area contributed by atoms with Crippen LogP contribution in [0.25, 0.3) is 0 Å². The van der Waals surface area contributed by atoms with E-state index >= 15 is 0 Å². The summed E-state index contributed by atoms with van der Waals surface area (Å²) < 4.78 is 27.6. The second-order valence-electron chi connectivity index (χ2n) is 5.98. The summed E-state index contributed by atoms with van der Waals surface area (Å²) >= 11 is 0. The molecule has 26 heavy (non-hydrogen) atoms. The molecule has 0 bridgehead atoms. The van der Waals surface area contributed by atoms with Gasteiger partial charge >= 0.3 is 5.97 Å². The average Bonchev–Trinajstić information content (AvgIpc) is 2.53. The minimum Gasteiger partial charge on any atom is -0.449 e. The van der Waals surface area contributed by atoms with Crippen LogP contribution in [0.15, 0.2) is 47.4 Å². The highest BCUT2D eigenvalue weighted by Gasteiger charge is 2.19. The van der Waals surface area contributed by atoms with Gasteiger partial charge in [-0.3, -0.25) is 4.79 Å². The van der Waals surface area contributed by atoms with Gasteiger partial charge in [-0.1, -0.05) is 17.2 Å². The maximum atomic E-state index is 12.2. The number of esters is 1. The molecule has 138 valence electrons. The van der Waals surface area contributed by atoms with Crippen molar-refractivity contribution in [1.29, 1.82) is 0 Å². The first-order valence-corrected chi connectivity index (χ1v) is 9.34. The van der Waals surface area contributed by atoms with Gasteiger partial charge in [0.05, 0.1) is 10.5 Å². The van der Waals surface area contributed by atoms with E-state index in [1.54, 1.807) is 12.1 Å². The molecule has 2 aromatic rings. The van der Waals surface area contributed by atoms with Crippen molar-refractivity contribution in [3.63, 3.8) is 0 Å². The lowest BCUT2D eigenvalue weighted by Crippen LogP contribution is -2.30. The smallest absolute Gasteiger partial charge is 0.338 e. The predicted octanol–water partition coefficient (Wildman–Crippen LogP) is 2.13. The van der Waals surface area contributed by atoms with Crippen molar-refractivity contribution >= 4 is 27.6 Å². The highest BCUT2D eigenvalue weighted by atomic mass is 32.2. The molecule has 0 fully saturated rings. The van der Waals surface area contributed by atoms with Crippen molar-refractivity contribution in [3.8, 4) is 0 Å². The van der Waals surface area contributed by atoms with Gasteiger partial charge in [0.1, 0.15) is 0 Å². The number of carbonyl (C=O) groups excluding carboxylic acids is 2. The number of amides is 1. The van der Waals surface area contributed by atoms with Crippen LogP contribution in [0.5, 0.6) is 0 Å². The maximum Gasteiger partial charge on any atom is 0.338 e. The van der Waals surface area contributed by atoms with Crippen molar-refractivity contribution in [2.24, 2.45) is 5.14 Å². The second kappa shape index (κ2) is 7.67. The quantitative estimate of drug-likeness (QED) is 0.776. The Kier molecular flexibility index (Phi) is 5.79. The zero-order chi connectivity index (χ0) is 19.5. The van der Waals surface area contributed by atoms with E-state index in [1.807, 2.05) is 19.9 Å². The van der Waals surface area contributed by atoms with Crippen molar-refractivity contribution < 1.29 is 22.7 Å². The molecule has 2 aromatic carbocycles. The lowest BCUT2D eigenvalue weighted by atomic mass is 10.1. The minimum absolute atomic E-state index is 0.0650. The minimum atomic E-state index is -3.80. The molecule has 0 spiro atoms. The predicted molar refractivity (Wildman–Crippen MR) is 97.2 cm³/mol. The van der Waals surface area contributed by atoms with E-state index in [0.29, 0.717) is 11.3 Å². The summed E-state index contributed by atoms with van der Waals surface area (Å²) in [6.07, 6.45) is -1.03. The van der Waals surface area contributed by atoms with Crippen LogP contribution in [0.1, 0.15) is 28.4 Å². The van der Waals surface area contributed by atoms with E-state index in [9.17, 15) is 18.0 Å². The van der Waals surface area contributed by atoms with Crippen molar-refractivity contribution in [1.82, 2.24) is 0 Å². The van der Waals surface area contributed by atoms with Gasteiger partial charge in [-0.15, -0.1) is 0 Å². The number of sulfonamides is 1. The first-order chi connectivity index (χ1) is 12.1. The van der Waals surface area contributed by atoms with Crippen LogP contribution in [-0.2, 0) is 19.6 Å². The van der Waals surface area contributed by atoms with Gasteiger partial charge in [-0.05, 0) is 57.2 Å². The Morgan fingerprint density at radius 1 is 1.04 bits per heavy atom. The SMILES string of the molecule is Cc1cc(C)cc(C(=O)O[C@@H](C)C(=O)Nc2ccc(S(N)(=O)=O)cc2)c1. The number of carbonyl (C=O) groups is 2. The Morgan fingerprint density at radius 2 is 1.58 bits per heavy atom. The van der Waals surface area contributed by atoms with E-state index in [1.165, 1.54) is 31.2 Å². The highest BCUT2D eigenvalue weighted by molar-refractivity contribution is 7.89. The van der Waals surface area contributed by atoms with Gasteiger partial charge < -0.3 is 10.1 Å². The van der Waals surface area contributed by atoms with Gasteiger partial charge in [0.15, 0.2) is 6.10 Å².